The van der Waals surface area contributed by atoms with Gasteiger partial charge in [-0.15, -0.1) is 0 Å². The molecular formula is C15H12N2O2. The van der Waals surface area contributed by atoms with Crippen LogP contribution in [0.3, 0.4) is 0 Å². The van der Waals surface area contributed by atoms with Gasteiger partial charge in [-0.1, -0.05) is 30.3 Å². The van der Waals surface area contributed by atoms with Gasteiger partial charge in [0, 0.05) is 17.8 Å². The van der Waals surface area contributed by atoms with E-state index in [1.807, 2.05) is 30.3 Å². The third-order valence-electron chi connectivity index (χ3n) is 3.06. The monoisotopic (exact) mass is 252 g/mol. The molecule has 0 aliphatic heterocycles. The zero-order valence-electron chi connectivity index (χ0n) is 10.2. The zero-order valence-corrected chi connectivity index (χ0v) is 10.2. The minimum Gasteiger partial charge on any atom is -0.505 e. The highest BCUT2D eigenvalue weighted by molar-refractivity contribution is 5.85. The zero-order chi connectivity index (χ0) is 13.2. The van der Waals surface area contributed by atoms with E-state index < -0.39 is 0 Å². The van der Waals surface area contributed by atoms with Crippen LogP contribution in [0.5, 0.6) is 5.75 Å². The maximum Gasteiger partial charge on any atom is 0.262 e. The predicted octanol–water partition coefficient (Wildman–Crippen LogP) is 2.15. The fraction of sp³-hybridized carbons (Fsp3) is 0.0667. The van der Waals surface area contributed by atoms with Crippen LogP contribution < -0.4 is 5.56 Å². The number of hydrogen-bond donors (Lipinski definition) is 1. The van der Waals surface area contributed by atoms with Crippen molar-refractivity contribution in [3.05, 3.63) is 70.9 Å². The summed E-state index contributed by atoms with van der Waals surface area (Å²) in [4.78, 5) is 16.2. The molecule has 0 radical (unpaired) electrons. The van der Waals surface area contributed by atoms with Crippen molar-refractivity contribution in [2.24, 2.45) is 0 Å². The van der Waals surface area contributed by atoms with Crippen molar-refractivity contribution in [3.63, 3.8) is 0 Å². The van der Waals surface area contributed by atoms with Gasteiger partial charge in [-0.25, -0.2) is 0 Å². The lowest BCUT2D eigenvalue weighted by Gasteiger charge is -2.07. The maximum absolute atomic E-state index is 12.3. The van der Waals surface area contributed by atoms with Crippen LogP contribution in [-0.4, -0.2) is 14.7 Å². The van der Waals surface area contributed by atoms with Crippen molar-refractivity contribution < 1.29 is 5.11 Å². The van der Waals surface area contributed by atoms with Crippen molar-refractivity contribution in [1.82, 2.24) is 9.55 Å². The molecule has 3 aromatic rings. The minimum atomic E-state index is -0.207. The van der Waals surface area contributed by atoms with Gasteiger partial charge in [0.15, 0.2) is 0 Å². The minimum absolute atomic E-state index is 0.0788. The second-order valence-corrected chi connectivity index (χ2v) is 4.36. The summed E-state index contributed by atoms with van der Waals surface area (Å²) in [5.74, 6) is -0.0788. The van der Waals surface area contributed by atoms with Gasteiger partial charge in [-0.2, -0.15) is 0 Å². The fourth-order valence-electron chi connectivity index (χ4n) is 2.11. The molecule has 0 spiro atoms. The van der Waals surface area contributed by atoms with Gasteiger partial charge in [-0.05, 0) is 11.6 Å². The lowest BCUT2D eigenvalue weighted by Crippen LogP contribution is -2.20. The average Bonchev–Trinajstić information content (AvgIpc) is 2.43. The Bertz CT molecular complexity index is 779. The first-order valence-corrected chi connectivity index (χ1v) is 5.96. The van der Waals surface area contributed by atoms with Crippen LogP contribution in [0.1, 0.15) is 5.56 Å². The molecule has 0 saturated heterocycles. The van der Waals surface area contributed by atoms with Crippen molar-refractivity contribution in [3.8, 4) is 5.75 Å². The number of hydrogen-bond acceptors (Lipinski definition) is 3. The topological polar surface area (TPSA) is 55.1 Å². The maximum atomic E-state index is 12.3. The first kappa shape index (κ1) is 11.5. The van der Waals surface area contributed by atoms with Crippen LogP contribution in [0.4, 0.5) is 0 Å². The van der Waals surface area contributed by atoms with E-state index in [9.17, 15) is 9.90 Å². The molecule has 0 saturated carbocycles. The largest absolute Gasteiger partial charge is 0.505 e. The number of rotatable bonds is 2. The third kappa shape index (κ3) is 2.08. The summed E-state index contributed by atoms with van der Waals surface area (Å²) < 4.78 is 1.58. The van der Waals surface area contributed by atoms with E-state index in [4.69, 9.17) is 0 Å². The van der Waals surface area contributed by atoms with Gasteiger partial charge < -0.3 is 9.67 Å². The molecule has 3 rings (SSSR count). The molecule has 0 atom stereocenters. The van der Waals surface area contributed by atoms with Crippen LogP contribution in [0, 0.1) is 0 Å². The molecule has 0 aliphatic carbocycles. The first-order chi connectivity index (χ1) is 9.25. The van der Waals surface area contributed by atoms with Gasteiger partial charge in [0.1, 0.15) is 5.75 Å². The van der Waals surface area contributed by atoms with E-state index in [0.29, 0.717) is 17.3 Å². The fourth-order valence-corrected chi connectivity index (χ4v) is 2.11. The van der Waals surface area contributed by atoms with Gasteiger partial charge >= 0.3 is 0 Å². The Hall–Kier alpha value is -2.62. The quantitative estimate of drug-likeness (QED) is 0.760. The second-order valence-electron chi connectivity index (χ2n) is 4.36. The van der Waals surface area contributed by atoms with Crippen molar-refractivity contribution in [2.75, 3.05) is 0 Å². The molecule has 0 amide bonds. The van der Waals surface area contributed by atoms with E-state index >= 15 is 0 Å². The predicted molar refractivity (Wildman–Crippen MR) is 73.2 cm³/mol. The van der Waals surface area contributed by atoms with Crippen LogP contribution >= 0.6 is 0 Å². The van der Waals surface area contributed by atoms with Crippen LogP contribution in [0.15, 0.2) is 59.8 Å². The summed E-state index contributed by atoms with van der Waals surface area (Å²) in [6, 6.07) is 11.5. The number of pyridine rings is 2. The summed E-state index contributed by atoms with van der Waals surface area (Å²) in [6.07, 6.45) is 4.58. The molecule has 2 aromatic heterocycles. The van der Waals surface area contributed by atoms with E-state index in [1.54, 1.807) is 23.0 Å². The number of aromatic nitrogens is 2. The van der Waals surface area contributed by atoms with E-state index in [0.717, 1.165) is 5.56 Å². The highest BCUT2D eigenvalue weighted by atomic mass is 16.3. The number of aromatic hydroxyl groups is 1. The standard InChI is InChI=1S/C15H12N2O2/c18-13-9-16-8-12-6-7-17(15(19)14(12)13)10-11-4-2-1-3-5-11/h1-9,18H,10H2. The Kier molecular flexibility index (Phi) is 2.76. The van der Waals surface area contributed by atoms with Crippen molar-refractivity contribution in [1.29, 1.82) is 0 Å². The third-order valence-corrected chi connectivity index (χ3v) is 3.06. The Morgan fingerprint density at radius 1 is 1.11 bits per heavy atom. The van der Waals surface area contributed by atoms with E-state index in [-0.39, 0.29) is 11.3 Å². The van der Waals surface area contributed by atoms with Gasteiger partial charge in [0.25, 0.3) is 5.56 Å². The van der Waals surface area contributed by atoms with Crippen LogP contribution in [-0.2, 0) is 6.54 Å². The molecule has 4 nitrogen and oxygen atoms in total. The molecule has 0 fully saturated rings. The summed E-state index contributed by atoms with van der Waals surface area (Å²) >= 11 is 0. The number of benzene rings is 1. The smallest absolute Gasteiger partial charge is 0.262 e. The molecule has 94 valence electrons. The molecular weight excluding hydrogens is 240 g/mol. The number of fused-ring (bicyclic) bond motifs is 1. The molecule has 2 heterocycles. The Morgan fingerprint density at radius 2 is 1.89 bits per heavy atom. The van der Waals surface area contributed by atoms with Gasteiger partial charge in [0.05, 0.1) is 18.1 Å². The van der Waals surface area contributed by atoms with Gasteiger partial charge in [0.2, 0.25) is 0 Å². The molecule has 0 aliphatic rings. The molecule has 19 heavy (non-hydrogen) atoms. The van der Waals surface area contributed by atoms with Crippen molar-refractivity contribution in [2.45, 2.75) is 6.54 Å². The van der Waals surface area contributed by atoms with Crippen LogP contribution in [0.2, 0.25) is 0 Å². The molecule has 4 heteroatoms. The van der Waals surface area contributed by atoms with E-state index in [2.05, 4.69) is 4.98 Å². The summed E-state index contributed by atoms with van der Waals surface area (Å²) in [5.41, 5.74) is 0.832. The Labute approximate surface area is 109 Å². The number of nitrogens with zero attached hydrogens (tertiary/aromatic N) is 2. The Morgan fingerprint density at radius 3 is 2.68 bits per heavy atom. The highest BCUT2D eigenvalue weighted by Gasteiger charge is 2.07. The second kappa shape index (κ2) is 4.57. The lowest BCUT2D eigenvalue weighted by molar-refractivity contribution is 0.478. The summed E-state index contributed by atoms with van der Waals surface area (Å²) in [6.45, 7) is 0.484. The highest BCUT2D eigenvalue weighted by Crippen LogP contribution is 2.18. The lowest BCUT2D eigenvalue weighted by atomic mass is 10.2. The first-order valence-electron chi connectivity index (χ1n) is 5.96. The Balaban J connectivity index is 2.13. The van der Waals surface area contributed by atoms with E-state index in [1.165, 1.54) is 6.20 Å². The normalized spacial score (nSPS) is 10.7. The average molecular weight is 252 g/mol. The summed E-state index contributed by atoms with van der Waals surface area (Å²) in [7, 11) is 0. The SMILES string of the molecule is O=c1c2c(O)cncc2ccn1Cc1ccccc1. The van der Waals surface area contributed by atoms with Gasteiger partial charge in [-0.3, -0.25) is 9.78 Å². The molecule has 1 aromatic carbocycles. The van der Waals surface area contributed by atoms with Crippen molar-refractivity contribution >= 4 is 10.8 Å². The van der Waals surface area contributed by atoms with Crippen LogP contribution in [0.25, 0.3) is 10.8 Å². The molecule has 0 unspecified atom stereocenters. The molecule has 0 bridgehead atoms. The molecule has 1 N–H and O–H groups in total. The summed E-state index contributed by atoms with van der Waals surface area (Å²) in [5, 5.41) is 10.7.